The molecule has 0 saturated heterocycles. The van der Waals surface area contributed by atoms with Gasteiger partial charge in [-0.05, 0) is 0 Å². The number of hydrogen-bond donors (Lipinski definition) is 2. The topological polar surface area (TPSA) is 119 Å². The lowest BCUT2D eigenvalue weighted by Gasteiger charge is -2.07. The Kier molecular flexibility index (Phi) is 4.37. The van der Waals surface area contributed by atoms with Crippen LogP contribution in [0.5, 0.6) is 0 Å². The maximum absolute atomic E-state index is 12.0. The van der Waals surface area contributed by atoms with Gasteiger partial charge in [0.25, 0.3) is 10.0 Å². The van der Waals surface area contributed by atoms with E-state index in [1.165, 1.54) is 14.1 Å². The number of urea groups is 1. The Morgan fingerprint density at radius 3 is 2.47 bits per heavy atom. The van der Waals surface area contributed by atoms with E-state index in [1.54, 1.807) is 4.72 Å². The SMILES string of the molecule is CNC(=O)NS(=O)(=O)c1c(C(=O)OC)c(Cl)nn1C. The molecule has 1 rings (SSSR count). The first-order valence-electron chi connectivity index (χ1n) is 4.80. The standard InChI is InChI=1S/C8H11ClN4O5S/c1-10-8(15)12-19(16,17)6-4(7(14)18-3)5(9)11-13(6)2/h1-3H3,(H2,10,12,15). The van der Waals surface area contributed by atoms with Gasteiger partial charge in [-0.3, -0.25) is 4.68 Å². The van der Waals surface area contributed by atoms with Crippen LogP contribution in [0.1, 0.15) is 10.4 Å². The average molecular weight is 311 g/mol. The van der Waals surface area contributed by atoms with Gasteiger partial charge in [-0.1, -0.05) is 11.6 Å². The molecule has 0 fully saturated rings. The summed E-state index contributed by atoms with van der Waals surface area (Å²) in [4.78, 5) is 22.6. The molecular weight excluding hydrogens is 300 g/mol. The molecule has 0 saturated carbocycles. The predicted molar refractivity (Wildman–Crippen MR) is 64.3 cm³/mol. The van der Waals surface area contributed by atoms with Gasteiger partial charge in [-0.15, -0.1) is 0 Å². The molecule has 9 nitrogen and oxygen atoms in total. The van der Waals surface area contributed by atoms with Crippen LogP contribution in [-0.2, 0) is 21.8 Å². The van der Waals surface area contributed by atoms with Gasteiger partial charge in [0, 0.05) is 14.1 Å². The van der Waals surface area contributed by atoms with Crippen molar-refractivity contribution in [2.45, 2.75) is 5.03 Å². The monoisotopic (exact) mass is 310 g/mol. The summed E-state index contributed by atoms with van der Waals surface area (Å²) < 4.78 is 30.9. The first-order chi connectivity index (χ1) is 8.74. The number of hydrogen-bond acceptors (Lipinski definition) is 6. The lowest BCUT2D eigenvalue weighted by atomic mass is 10.4. The molecule has 2 N–H and O–H groups in total. The summed E-state index contributed by atoms with van der Waals surface area (Å²) in [5.74, 6) is -0.976. The van der Waals surface area contributed by atoms with E-state index >= 15 is 0 Å². The lowest BCUT2D eigenvalue weighted by Crippen LogP contribution is -2.38. The maximum Gasteiger partial charge on any atom is 0.344 e. The van der Waals surface area contributed by atoms with E-state index in [9.17, 15) is 18.0 Å². The van der Waals surface area contributed by atoms with E-state index in [1.807, 2.05) is 0 Å². The second-order valence-electron chi connectivity index (χ2n) is 3.27. The van der Waals surface area contributed by atoms with Crippen LogP contribution >= 0.6 is 11.6 Å². The van der Waals surface area contributed by atoms with Crippen LogP contribution in [0.3, 0.4) is 0 Å². The molecular formula is C8H11ClN4O5S. The van der Waals surface area contributed by atoms with Crippen LogP contribution in [0.2, 0.25) is 5.15 Å². The molecule has 0 bridgehead atoms. The number of aromatic nitrogens is 2. The minimum atomic E-state index is -4.31. The zero-order chi connectivity index (χ0) is 14.8. The first kappa shape index (κ1) is 15.2. The molecule has 0 unspecified atom stereocenters. The van der Waals surface area contributed by atoms with Crippen LogP contribution in [0.25, 0.3) is 0 Å². The first-order valence-corrected chi connectivity index (χ1v) is 6.66. The molecule has 1 aromatic heterocycles. The summed E-state index contributed by atoms with van der Waals surface area (Å²) in [7, 11) is -0.751. The number of aryl methyl sites for hydroxylation is 1. The maximum atomic E-state index is 12.0. The van der Waals surface area contributed by atoms with Crippen molar-refractivity contribution >= 4 is 33.6 Å². The van der Waals surface area contributed by atoms with Crippen LogP contribution in [-0.4, -0.2) is 44.4 Å². The molecule has 0 spiro atoms. The molecule has 1 aromatic rings. The van der Waals surface area contributed by atoms with Gasteiger partial charge in [0.15, 0.2) is 10.2 Å². The van der Waals surface area contributed by atoms with Gasteiger partial charge in [-0.25, -0.2) is 14.3 Å². The number of sulfonamides is 1. The molecule has 2 amide bonds. The zero-order valence-electron chi connectivity index (χ0n) is 10.2. The third kappa shape index (κ3) is 2.96. The van der Waals surface area contributed by atoms with Gasteiger partial charge in [0.1, 0.15) is 5.56 Å². The van der Waals surface area contributed by atoms with Gasteiger partial charge < -0.3 is 10.1 Å². The molecule has 11 heteroatoms. The Balaban J connectivity index is 3.42. The van der Waals surface area contributed by atoms with Crippen molar-refractivity contribution in [2.75, 3.05) is 14.2 Å². The Labute approximate surface area is 113 Å². The largest absolute Gasteiger partial charge is 0.465 e. The molecule has 0 atom stereocenters. The Bertz CT molecular complexity index is 623. The van der Waals surface area contributed by atoms with Crippen molar-refractivity contribution in [1.82, 2.24) is 19.8 Å². The fourth-order valence-electron chi connectivity index (χ4n) is 1.28. The average Bonchev–Trinajstić information content (AvgIpc) is 2.63. The molecule has 0 aliphatic carbocycles. The number of methoxy groups -OCH3 is 1. The zero-order valence-corrected chi connectivity index (χ0v) is 11.8. The number of carbonyl (C=O) groups excluding carboxylic acids is 2. The van der Waals surface area contributed by atoms with Gasteiger partial charge in [0.2, 0.25) is 0 Å². The highest BCUT2D eigenvalue weighted by Crippen LogP contribution is 2.23. The summed E-state index contributed by atoms with van der Waals surface area (Å²) >= 11 is 5.67. The summed E-state index contributed by atoms with van der Waals surface area (Å²) in [6.45, 7) is 0. The molecule has 0 aliphatic heterocycles. The Morgan fingerprint density at radius 1 is 1.42 bits per heavy atom. The van der Waals surface area contributed by atoms with Crippen molar-refractivity contribution in [3.05, 3.63) is 10.7 Å². The number of rotatable bonds is 3. The molecule has 0 radical (unpaired) electrons. The minimum Gasteiger partial charge on any atom is -0.465 e. The fraction of sp³-hybridized carbons (Fsp3) is 0.375. The van der Waals surface area contributed by atoms with E-state index in [4.69, 9.17) is 11.6 Å². The molecule has 1 heterocycles. The third-order valence-electron chi connectivity index (χ3n) is 2.05. The van der Waals surface area contributed by atoms with Crippen molar-refractivity contribution in [3.8, 4) is 0 Å². The van der Waals surface area contributed by atoms with Crippen molar-refractivity contribution in [1.29, 1.82) is 0 Å². The molecule has 0 aliphatic rings. The predicted octanol–water partition coefficient (Wildman–Crippen LogP) is -0.522. The molecule has 0 aromatic carbocycles. The minimum absolute atomic E-state index is 0.341. The van der Waals surface area contributed by atoms with Crippen LogP contribution in [0, 0.1) is 0 Å². The van der Waals surface area contributed by atoms with Crippen molar-refractivity contribution in [3.63, 3.8) is 0 Å². The number of halogens is 1. The summed E-state index contributed by atoms with van der Waals surface area (Å²) in [5.41, 5.74) is -0.442. The van der Waals surface area contributed by atoms with E-state index in [0.29, 0.717) is 0 Å². The number of amides is 2. The third-order valence-corrected chi connectivity index (χ3v) is 3.75. The Hall–Kier alpha value is -1.81. The Morgan fingerprint density at radius 2 is 2.00 bits per heavy atom. The highest BCUT2D eigenvalue weighted by atomic mass is 35.5. The summed E-state index contributed by atoms with van der Waals surface area (Å²) in [5, 5.41) is 4.78. The smallest absolute Gasteiger partial charge is 0.344 e. The van der Waals surface area contributed by atoms with Gasteiger partial charge >= 0.3 is 12.0 Å². The highest BCUT2D eigenvalue weighted by molar-refractivity contribution is 7.90. The summed E-state index contributed by atoms with van der Waals surface area (Å²) in [6, 6.07) is -0.965. The second-order valence-corrected chi connectivity index (χ2v) is 5.23. The number of nitrogens with one attached hydrogen (secondary N) is 2. The van der Waals surface area contributed by atoms with E-state index in [2.05, 4.69) is 15.2 Å². The number of carbonyl (C=O) groups is 2. The number of ether oxygens (including phenoxy) is 1. The van der Waals surface area contributed by atoms with Crippen LogP contribution in [0.4, 0.5) is 4.79 Å². The van der Waals surface area contributed by atoms with Gasteiger partial charge in [0.05, 0.1) is 7.11 Å². The summed E-state index contributed by atoms with van der Waals surface area (Å²) in [6.07, 6.45) is 0. The number of nitrogens with zero attached hydrogens (tertiary/aromatic N) is 2. The normalized spacial score (nSPS) is 10.9. The van der Waals surface area contributed by atoms with Crippen LogP contribution in [0.15, 0.2) is 5.03 Å². The fourth-order valence-corrected chi connectivity index (χ4v) is 2.90. The van der Waals surface area contributed by atoms with Crippen molar-refractivity contribution in [2.24, 2.45) is 7.05 Å². The van der Waals surface area contributed by atoms with E-state index in [0.717, 1.165) is 11.8 Å². The van der Waals surface area contributed by atoms with E-state index < -0.39 is 32.6 Å². The van der Waals surface area contributed by atoms with Crippen molar-refractivity contribution < 1.29 is 22.7 Å². The number of esters is 1. The quantitative estimate of drug-likeness (QED) is 0.725. The molecule has 19 heavy (non-hydrogen) atoms. The highest BCUT2D eigenvalue weighted by Gasteiger charge is 2.32. The molecule has 106 valence electrons. The van der Waals surface area contributed by atoms with Gasteiger partial charge in [-0.2, -0.15) is 13.5 Å². The second kappa shape index (κ2) is 5.45. The van der Waals surface area contributed by atoms with E-state index in [-0.39, 0.29) is 5.15 Å². The van der Waals surface area contributed by atoms with Crippen LogP contribution < -0.4 is 10.0 Å². The lowest BCUT2D eigenvalue weighted by molar-refractivity contribution is 0.0596.